The van der Waals surface area contributed by atoms with E-state index in [-0.39, 0.29) is 11.9 Å². The molecule has 18 heavy (non-hydrogen) atoms. The van der Waals surface area contributed by atoms with Gasteiger partial charge in [-0.2, -0.15) is 0 Å². The van der Waals surface area contributed by atoms with E-state index in [0.717, 1.165) is 30.4 Å². The van der Waals surface area contributed by atoms with Crippen LogP contribution in [0.15, 0.2) is 34.9 Å². The quantitative estimate of drug-likeness (QED) is 0.779. The largest absolute Gasteiger partial charge is 0.463 e. The van der Waals surface area contributed by atoms with Crippen LogP contribution < -0.4 is 0 Å². The maximum Gasteiger partial charge on any atom is 0.258 e. The van der Waals surface area contributed by atoms with E-state index in [0.29, 0.717) is 11.4 Å². The second-order valence-corrected chi connectivity index (χ2v) is 4.90. The van der Waals surface area contributed by atoms with Crippen molar-refractivity contribution in [3.05, 3.63) is 36.1 Å². The molecule has 1 atom stereocenters. The molecule has 0 radical (unpaired) electrons. The number of carbonyl (C=O) groups is 1. The summed E-state index contributed by atoms with van der Waals surface area (Å²) in [4.78, 5) is 14.4. The molecule has 4 heteroatoms. The van der Waals surface area contributed by atoms with Gasteiger partial charge in [-0.25, -0.2) is 0 Å². The third-order valence-electron chi connectivity index (χ3n) is 3.53. The second kappa shape index (κ2) is 4.65. The lowest BCUT2D eigenvalue weighted by Crippen LogP contribution is -2.36. The molecule has 1 aliphatic heterocycles. The van der Waals surface area contributed by atoms with Crippen molar-refractivity contribution in [2.75, 3.05) is 12.4 Å². The first-order valence-corrected chi connectivity index (χ1v) is 6.68. The van der Waals surface area contributed by atoms with Crippen molar-refractivity contribution < 1.29 is 9.21 Å². The average molecular weight is 264 g/mol. The summed E-state index contributed by atoms with van der Waals surface area (Å²) >= 11 is 5.91. The Bertz CT molecular complexity index is 578. The number of para-hydroxylation sites is 1. The molecule has 1 amide bonds. The van der Waals surface area contributed by atoms with E-state index < -0.39 is 0 Å². The third-order valence-corrected chi connectivity index (χ3v) is 3.88. The molecule has 1 unspecified atom stereocenters. The van der Waals surface area contributed by atoms with Gasteiger partial charge in [0.1, 0.15) is 11.8 Å². The summed E-state index contributed by atoms with van der Waals surface area (Å²) < 4.78 is 5.42. The first-order valence-electron chi connectivity index (χ1n) is 6.14. The lowest BCUT2D eigenvalue weighted by molar-refractivity contribution is 0.0750. The van der Waals surface area contributed by atoms with Crippen LogP contribution in [0.1, 0.15) is 23.2 Å². The smallest absolute Gasteiger partial charge is 0.258 e. The number of nitrogens with zero attached hydrogens (tertiary/aromatic N) is 1. The minimum absolute atomic E-state index is 0.0306. The number of likely N-dealkylation sites (tertiary alicyclic amines) is 1. The van der Waals surface area contributed by atoms with Crippen LogP contribution in [0.4, 0.5) is 0 Å². The highest BCUT2D eigenvalue weighted by Crippen LogP contribution is 2.26. The second-order valence-electron chi connectivity index (χ2n) is 4.59. The van der Waals surface area contributed by atoms with E-state index in [9.17, 15) is 4.79 Å². The van der Waals surface area contributed by atoms with Crippen molar-refractivity contribution in [1.29, 1.82) is 0 Å². The predicted molar refractivity (Wildman–Crippen MR) is 71.0 cm³/mol. The van der Waals surface area contributed by atoms with Crippen LogP contribution in [-0.4, -0.2) is 29.3 Å². The SMILES string of the molecule is O=C(c1coc2ccccc12)N1CCCC1CCl. The summed E-state index contributed by atoms with van der Waals surface area (Å²) in [6.45, 7) is 0.787. The van der Waals surface area contributed by atoms with Crippen molar-refractivity contribution in [3.8, 4) is 0 Å². The lowest BCUT2D eigenvalue weighted by atomic mass is 10.1. The van der Waals surface area contributed by atoms with Crippen LogP contribution in [0.2, 0.25) is 0 Å². The standard InChI is InChI=1S/C14H14ClNO2/c15-8-10-4-3-7-16(10)14(17)12-9-18-13-6-2-1-5-11(12)13/h1-2,5-6,9-10H,3-4,7-8H2. The van der Waals surface area contributed by atoms with Gasteiger partial charge in [0.05, 0.1) is 5.56 Å². The molecule has 0 N–H and O–H groups in total. The van der Waals surface area contributed by atoms with Gasteiger partial charge in [0.25, 0.3) is 5.91 Å². The zero-order chi connectivity index (χ0) is 12.5. The van der Waals surface area contributed by atoms with Crippen molar-refractivity contribution in [2.45, 2.75) is 18.9 Å². The van der Waals surface area contributed by atoms with Crippen LogP contribution in [0.5, 0.6) is 0 Å². The molecule has 1 saturated heterocycles. The summed E-state index contributed by atoms with van der Waals surface area (Å²) in [7, 11) is 0. The first kappa shape index (κ1) is 11.6. The predicted octanol–water partition coefficient (Wildman–Crippen LogP) is 3.28. The number of fused-ring (bicyclic) bond motifs is 1. The molecule has 0 aliphatic carbocycles. The molecule has 3 nitrogen and oxygen atoms in total. The molecule has 3 rings (SSSR count). The van der Waals surface area contributed by atoms with Crippen LogP contribution in [0.25, 0.3) is 11.0 Å². The highest BCUT2D eigenvalue weighted by molar-refractivity contribution is 6.18. The van der Waals surface area contributed by atoms with Gasteiger partial charge in [-0.1, -0.05) is 18.2 Å². The number of alkyl halides is 1. The molecule has 94 valence electrons. The highest BCUT2D eigenvalue weighted by Gasteiger charge is 2.30. The Morgan fingerprint density at radius 1 is 1.44 bits per heavy atom. The highest BCUT2D eigenvalue weighted by atomic mass is 35.5. The lowest BCUT2D eigenvalue weighted by Gasteiger charge is -2.22. The van der Waals surface area contributed by atoms with Crippen LogP contribution in [-0.2, 0) is 0 Å². The Balaban J connectivity index is 1.97. The molecule has 0 saturated carbocycles. The fourth-order valence-electron chi connectivity index (χ4n) is 2.56. The molecular weight excluding hydrogens is 250 g/mol. The maximum atomic E-state index is 12.5. The maximum absolute atomic E-state index is 12.5. The van der Waals surface area contributed by atoms with E-state index in [2.05, 4.69) is 0 Å². The zero-order valence-electron chi connectivity index (χ0n) is 9.93. The fraction of sp³-hybridized carbons (Fsp3) is 0.357. The molecular formula is C14H14ClNO2. The van der Waals surface area contributed by atoms with Gasteiger partial charge in [0, 0.05) is 23.9 Å². The van der Waals surface area contributed by atoms with Gasteiger partial charge >= 0.3 is 0 Å². The molecule has 0 bridgehead atoms. The van der Waals surface area contributed by atoms with Crippen LogP contribution in [0.3, 0.4) is 0 Å². The van der Waals surface area contributed by atoms with Gasteiger partial charge in [0.15, 0.2) is 0 Å². The topological polar surface area (TPSA) is 33.5 Å². The number of benzene rings is 1. The average Bonchev–Trinajstić information content (AvgIpc) is 3.04. The molecule has 0 spiro atoms. The van der Waals surface area contributed by atoms with E-state index in [4.69, 9.17) is 16.0 Å². The van der Waals surface area contributed by atoms with E-state index in [1.807, 2.05) is 29.2 Å². The monoisotopic (exact) mass is 263 g/mol. The summed E-state index contributed by atoms with van der Waals surface area (Å²) in [5.41, 5.74) is 1.39. The van der Waals surface area contributed by atoms with Gasteiger partial charge in [-0.05, 0) is 18.9 Å². The van der Waals surface area contributed by atoms with E-state index in [1.165, 1.54) is 0 Å². The Labute approximate surface area is 110 Å². The molecule has 1 aliphatic rings. The Hall–Kier alpha value is -1.48. The number of rotatable bonds is 2. The van der Waals surface area contributed by atoms with Gasteiger partial charge in [0.2, 0.25) is 0 Å². The normalized spacial score (nSPS) is 19.6. The Morgan fingerprint density at radius 3 is 3.11 bits per heavy atom. The van der Waals surface area contributed by atoms with Crippen molar-refractivity contribution in [3.63, 3.8) is 0 Å². The zero-order valence-corrected chi connectivity index (χ0v) is 10.7. The third kappa shape index (κ3) is 1.79. The van der Waals surface area contributed by atoms with Crippen LogP contribution >= 0.6 is 11.6 Å². The minimum Gasteiger partial charge on any atom is -0.463 e. The summed E-state index contributed by atoms with van der Waals surface area (Å²) in [6.07, 6.45) is 3.57. The van der Waals surface area contributed by atoms with Gasteiger partial charge in [-0.3, -0.25) is 4.79 Å². The van der Waals surface area contributed by atoms with Crippen LogP contribution in [0, 0.1) is 0 Å². The van der Waals surface area contributed by atoms with Gasteiger partial charge in [-0.15, -0.1) is 11.6 Å². The minimum atomic E-state index is 0.0306. The molecule has 1 aromatic heterocycles. The summed E-state index contributed by atoms with van der Waals surface area (Å²) in [5, 5.41) is 0.878. The number of hydrogen-bond acceptors (Lipinski definition) is 2. The fourth-order valence-corrected chi connectivity index (χ4v) is 2.88. The number of amides is 1. The van der Waals surface area contributed by atoms with E-state index >= 15 is 0 Å². The molecule has 2 aromatic rings. The molecule has 2 heterocycles. The Morgan fingerprint density at radius 2 is 2.28 bits per heavy atom. The van der Waals surface area contributed by atoms with E-state index in [1.54, 1.807) is 6.26 Å². The first-order chi connectivity index (χ1) is 8.81. The number of halogens is 1. The number of hydrogen-bond donors (Lipinski definition) is 0. The molecule has 1 fully saturated rings. The Kier molecular flexibility index (Phi) is 3.00. The summed E-state index contributed by atoms with van der Waals surface area (Å²) in [5.74, 6) is 0.532. The van der Waals surface area contributed by atoms with Gasteiger partial charge < -0.3 is 9.32 Å². The summed E-state index contributed by atoms with van der Waals surface area (Å²) in [6, 6.07) is 7.76. The van der Waals surface area contributed by atoms with Crippen molar-refractivity contribution in [1.82, 2.24) is 4.90 Å². The number of carbonyl (C=O) groups excluding carboxylic acids is 1. The van der Waals surface area contributed by atoms with Crippen molar-refractivity contribution in [2.24, 2.45) is 0 Å². The number of furan rings is 1. The van der Waals surface area contributed by atoms with Crippen molar-refractivity contribution >= 4 is 28.5 Å². The molecule has 1 aromatic carbocycles.